The Hall–Kier alpha value is -1.07. The highest BCUT2D eigenvalue weighted by atomic mass is 32.2. The molecule has 0 amide bonds. The van der Waals surface area contributed by atoms with E-state index >= 15 is 0 Å². The third-order valence-electron chi connectivity index (χ3n) is 2.75. The normalized spacial score (nSPS) is 14.8. The van der Waals surface area contributed by atoms with Crippen molar-refractivity contribution >= 4 is 11.0 Å². The Labute approximate surface area is 118 Å². The summed E-state index contributed by atoms with van der Waals surface area (Å²) < 4.78 is 25.4. The second-order valence-electron chi connectivity index (χ2n) is 5.34. The fourth-order valence-corrected chi connectivity index (χ4v) is 2.34. The van der Waals surface area contributed by atoms with Crippen LogP contribution in [0, 0.1) is 0 Å². The highest BCUT2D eigenvalue weighted by molar-refractivity contribution is 7.84. The molecule has 0 radical (unpaired) electrons. The van der Waals surface area contributed by atoms with Crippen LogP contribution in [0.5, 0.6) is 11.5 Å². The molecule has 1 unspecified atom stereocenters. The van der Waals surface area contributed by atoms with Gasteiger partial charge in [-0.25, -0.2) is 8.93 Å². The van der Waals surface area contributed by atoms with E-state index in [0.717, 1.165) is 5.56 Å². The molecule has 1 rings (SSSR count). The van der Waals surface area contributed by atoms with Gasteiger partial charge >= 0.3 is 0 Å². The second kappa shape index (κ2) is 6.39. The number of methoxy groups -OCH3 is 2. The average Bonchev–Trinajstić information content (AvgIpc) is 2.36. The van der Waals surface area contributed by atoms with Crippen molar-refractivity contribution in [2.45, 2.75) is 38.5 Å². The Bertz CT molecular complexity index is 454. The molecule has 1 aromatic carbocycles. The summed E-state index contributed by atoms with van der Waals surface area (Å²) in [5, 5.41) is 0. The maximum Gasteiger partial charge on any atom is 0.161 e. The molecule has 0 heterocycles. The molecule has 0 aliphatic rings. The van der Waals surface area contributed by atoms with Gasteiger partial charge in [0.2, 0.25) is 0 Å². The first-order valence-electron chi connectivity index (χ1n) is 6.19. The topological polar surface area (TPSA) is 47.6 Å². The van der Waals surface area contributed by atoms with Crippen molar-refractivity contribution in [2.75, 3.05) is 14.2 Å². The first-order valence-corrected chi connectivity index (χ1v) is 7.34. The maximum absolute atomic E-state index is 12.1. The van der Waals surface area contributed by atoms with Gasteiger partial charge in [0.05, 0.1) is 30.0 Å². The molecule has 0 aliphatic carbocycles. The van der Waals surface area contributed by atoms with Crippen LogP contribution >= 0.6 is 0 Å². The highest BCUT2D eigenvalue weighted by Crippen LogP contribution is 2.30. The van der Waals surface area contributed by atoms with E-state index in [1.165, 1.54) is 0 Å². The molecule has 0 saturated carbocycles. The molecule has 0 fully saturated rings. The van der Waals surface area contributed by atoms with Gasteiger partial charge in [0.15, 0.2) is 11.5 Å². The summed E-state index contributed by atoms with van der Waals surface area (Å²) in [4.78, 5) is 0. The lowest BCUT2D eigenvalue weighted by Crippen LogP contribution is -2.34. The Morgan fingerprint density at radius 2 is 1.74 bits per heavy atom. The number of rotatable bonds is 5. The van der Waals surface area contributed by atoms with Crippen LogP contribution < -0.4 is 14.2 Å². The summed E-state index contributed by atoms with van der Waals surface area (Å²) in [6.07, 6.45) is 0. The van der Waals surface area contributed by atoms with Crippen LogP contribution in [0.2, 0.25) is 0 Å². The van der Waals surface area contributed by atoms with Gasteiger partial charge in [-0.1, -0.05) is 6.07 Å². The van der Waals surface area contributed by atoms with Crippen molar-refractivity contribution in [3.05, 3.63) is 23.8 Å². The molecule has 4 nitrogen and oxygen atoms in total. The van der Waals surface area contributed by atoms with E-state index in [1.54, 1.807) is 14.2 Å². The molecule has 5 heteroatoms. The summed E-state index contributed by atoms with van der Waals surface area (Å²) in [5.74, 6) is 1.37. The summed E-state index contributed by atoms with van der Waals surface area (Å²) in [6, 6.07) is 5.67. The summed E-state index contributed by atoms with van der Waals surface area (Å²) in [7, 11) is 2.10. The van der Waals surface area contributed by atoms with Gasteiger partial charge in [-0.05, 0) is 45.4 Å². The Morgan fingerprint density at radius 1 is 1.16 bits per heavy atom. The molecule has 0 saturated heterocycles. The minimum absolute atomic E-state index is 0.0279. The zero-order valence-corrected chi connectivity index (χ0v) is 13.3. The van der Waals surface area contributed by atoms with Crippen molar-refractivity contribution in [1.29, 1.82) is 0 Å². The first kappa shape index (κ1) is 16.0. The third-order valence-corrected chi connectivity index (χ3v) is 4.43. The summed E-state index contributed by atoms with van der Waals surface area (Å²) in [5.41, 5.74) is 1.01. The fraction of sp³-hybridized carbons (Fsp3) is 0.571. The molecule has 2 atom stereocenters. The maximum atomic E-state index is 12.1. The fourth-order valence-electron chi connectivity index (χ4n) is 1.53. The van der Waals surface area contributed by atoms with Crippen LogP contribution in [0.25, 0.3) is 0 Å². The SMILES string of the molecule is COc1ccc([C@H](C)NS(=O)C(C)(C)C)cc1OC. The van der Waals surface area contributed by atoms with Crippen molar-refractivity contribution in [3.8, 4) is 11.5 Å². The standard InChI is InChI=1S/C14H23NO3S/c1-10(15-19(16)14(2,3)4)11-7-8-12(17-5)13(9-11)18-6/h7-10,15H,1-6H3/t10-,19?/m0/s1. The number of nitrogens with one attached hydrogen (secondary N) is 1. The Kier molecular flexibility index (Phi) is 5.38. The van der Waals surface area contributed by atoms with Crippen LogP contribution in [-0.4, -0.2) is 23.2 Å². The number of hydrogen-bond acceptors (Lipinski definition) is 3. The van der Waals surface area contributed by atoms with Gasteiger partial charge in [-0.2, -0.15) is 0 Å². The zero-order valence-electron chi connectivity index (χ0n) is 12.4. The molecule has 0 bridgehead atoms. The van der Waals surface area contributed by atoms with Crippen LogP contribution in [0.1, 0.15) is 39.3 Å². The zero-order chi connectivity index (χ0) is 14.6. The minimum atomic E-state index is -1.11. The first-order chi connectivity index (χ1) is 8.79. The Morgan fingerprint density at radius 3 is 2.21 bits per heavy atom. The molecule has 108 valence electrons. The van der Waals surface area contributed by atoms with Crippen molar-refractivity contribution < 1.29 is 13.7 Å². The molecule has 1 N–H and O–H groups in total. The lowest BCUT2D eigenvalue weighted by Gasteiger charge is -2.22. The second-order valence-corrected chi connectivity index (χ2v) is 7.33. The predicted molar refractivity (Wildman–Crippen MR) is 79.0 cm³/mol. The average molecular weight is 285 g/mol. The van der Waals surface area contributed by atoms with Gasteiger partial charge in [-0.15, -0.1) is 0 Å². The highest BCUT2D eigenvalue weighted by Gasteiger charge is 2.22. The monoisotopic (exact) mass is 285 g/mol. The van der Waals surface area contributed by atoms with E-state index in [2.05, 4.69) is 4.72 Å². The quantitative estimate of drug-likeness (QED) is 0.905. The largest absolute Gasteiger partial charge is 0.493 e. The lowest BCUT2D eigenvalue weighted by molar-refractivity contribution is 0.354. The summed E-state index contributed by atoms with van der Waals surface area (Å²) >= 11 is 0. The third kappa shape index (κ3) is 4.21. The van der Waals surface area contributed by atoms with Gasteiger partial charge in [0.1, 0.15) is 0 Å². The van der Waals surface area contributed by atoms with Gasteiger partial charge in [-0.3, -0.25) is 0 Å². The van der Waals surface area contributed by atoms with Crippen molar-refractivity contribution in [1.82, 2.24) is 4.72 Å². The summed E-state index contributed by atoms with van der Waals surface area (Å²) in [6.45, 7) is 7.80. The number of ether oxygens (including phenoxy) is 2. The van der Waals surface area contributed by atoms with E-state index in [-0.39, 0.29) is 10.8 Å². The van der Waals surface area contributed by atoms with Gasteiger partial charge in [0, 0.05) is 6.04 Å². The van der Waals surface area contributed by atoms with E-state index in [9.17, 15) is 4.21 Å². The van der Waals surface area contributed by atoms with Gasteiger partial charge < -0.3 is 9.47 Å². The van der Waals surface area contributed by atoms with E-state index in [1.807, 2.05) is 45.9 Å². The van der Waals surface area contributed by atoms with E-state index in [0.29, 0.717) is 11.5 Å². The molecular weight excluding hydrogens is 262 g/mol. The number of benzene rings is 1. The van der Waals surface area contributed by atoms with E-state index < -0.39 is 11.0 Å². The van der Waals surface area contributed by atoms with Crippen LogP contribution in [0.15, 0.2) is 18.2 Å². The molecule has 0 aromatic heterocycles. The van der Waals surface area contributed by atoms with Crippen LogP contribution in [-0.2, 0) is 11.0 Å². The van der Waals surface area contributed by atoms with Crippen molar-refractivity contribution in [3.63, 3.8) is 0 Å². The molecule has 0 spiro atoms. The van der Waals surface area contributed by atoms with Crippen molar-refractivity contribution in [2.24, 2.45) is 0 Å². The van der Waals surface area contributed by atoms with Gasteiger partial charge in [0.25, 0.3) is 0 Å². The Balaban J connectivity index is 2.89. The predicted octanol–water partition coefficient (Wildman–Crippen LogP) is 2.82. The number of hydrogen-bond donors (Lipinski definition) is 1. The van der Waals surface area contributed by atoms with E-state index in [4.69, 9.17) is 9.47 Å². The smallest absolute Gasteiger partial charge is 0.161 e. The molecule has 1 aromatic rings. The molecule has 0 aliphatic heterocycles. The molecule has 19 heavy (non-hydrogen) atoms. The van der Waals surface area contributed by atoms with Crippen LogP contribution in [0.3, 0.4) is 0 Å². The molecular formula is C14H23NO3S. The van der Waals surface area contributed by atoms with Crippen LogP contribution in [0.4, 0.5) is 0 Å². The lowest BCUT2D eigenvalue weighted by atomic mass is 10.1. The minimum Gasteiger partial charge on any atom is -0.493 e.